The molecule has 0 heterocycles. The maximum Gasteiger partial charge on any atom is 0.206 e. The maximum atomic E-state index is 12.1. The van der Waals surface area contributed by atoms with E-state index in [1.165, 1.54) is 0 Å². The fraction of sp³-hybridized carbons (Fsp3) is 0.143. The third kappa shape index (κ3) is 4.51. The third-order valence-corrected chi connectivity index (χ3v) is 5.09. The van der Waals surface area contributed by atoms with Crippen molar-refractivity contribution in [3.05, 3.63) is 99.7 Å². The first-order valence-corrected chi connectivity index (χ1v) is 9.66. The fourth-order valence-corrected chi connectivity index (χ4v) is 3.71. The summed E-state index contributed by atoms with van der Waals surface area (Å²) in [7, 11) is 0. The summed E-state index contributed by atoms with van der Waals surface area (Å²) >= 11 is 0. The van der Waals surface area contributed by atoms with E-state index in [1.54, 1.807) is 74.7 Å². The van der Waals surface area contributed by atoms with Crippen LogP contribution in [0.5, 0.6) is 0 Å². The second-order valence-electron chi connectivity index (χ2n) is 6.69. The lowest BCUT2D eigenvalue weighted by atomic mass is 10.00. The van der Waals surface area contributed by atoms with Crippen molar-refractivity contribution in [2.45, 2.75) is 28.7 Å². The first-order valence-electron chi connectivity index (χ1n) is 9.66. The number of hydrogen-bond acceptors (Lipinski definition) is 6. The lowest BCUT2D eigenvalue weighted by molar-refractivity contribution is 0.103. The van der Waals surface area contributed by atoms with E-state index in [-0.39, 0.29) is 32.0 Å². The summed E-state index contributed by atoms with van der Waals surface area (Å²) in [6.07, 6.45) is 5.07. The van der Waals surface area contributed by atoms with Crippen molar-refractivity contribution in [1.29, 1.82) is 15.8 Å². The molecular weight excluding hydrogens is 424 g/mol. The Morgan fingerprint density at radius 3 is 1.65 bits per heavy atom. The zero-order valence-electron chi connectivity index (χ0n) is 17.4. The molecule has 6 nitrogen and oxygen atoms in total. The summed E-state index contributed by atoms with van der Waals surface area (Å²) in [6.45, 7) is 3.50. The van der Waals surface area contributed by atoms with Gasteiger partial charge in [0.25, 0.3) is 0 Å². The Balaban J connectivity index is 0.000000323. The SMILES string of the molecule is C.C.C/C=C1\C(=O)c2ccccc2C1=C(C#N)C#N.C/C=C1\C(=O)c2ccccc2C1=NC#N. The van der Waals surface area contributed by atoms with Gasteiger partial charge in [-0.05, 0) is 19.4 Å². The number of nitriles is 3. The van der Waals surface area contributed by atoms with Gasteiger partial charge in [0.05, 0.1) is 5.71 Å². The first-order chi connectivity index (χ1) is 15.5. The summed E-state index contributed by atoms with van der Waals surface area (Å²) in [5, 5.41) is 26.5. The van der Waals surface area contributed by atoms with Gasteiger partial charge in [-0.3, -0.25) is 9.59 Å². The van der Waals surface area contributed by atoms with Crippen LogP contribution in [0.1, 0.15) is 60.5 Å². The molecule has 0 saturated heterocycles. The number of rotatable bonds is 0. The largest absolute Gasteiger partial charge is 0.289 e. The van der Waals surface area contributed by atoms with Crippen LogP contribution in [0.15, 0.2) is 82.4 Å². The second-order valence-corrected chi connectivity index (χ2v) is 6.69. The van der Waals surface area contributed by atoms with Crippen LogP contribution >= 0.6 is 0 Å². The van der Waals surface area contributed by atoms with Gasteiger partial charge in [0.1, 0.15) is 17.7 Å². The van der Waals surface area contributed by atoms with Crippen LogP contribution in [-0.2, 0) is 0 Å². The molecule has 0 unspecified atom stereocenters. The highest BCUT2D eigenvalue weighted by molar-refractivity contribution is 6.41. The number of nitrogens with zero attached hydrogens (tertiary/aromatic N) is 4. The zero-order valence-corrected chi connectivity index (χ0v) is 17.4. The minimum absolute atomic E-state index is 0. The molecular formula is C28H24N4O2. The Kier molecular flexibility index (Phi) is 9.33. The van der Waals surface area contributed by atoms with E-state index in [0.717, 1.165) is 5.56 Å². The molecule has 0 bridgehead atoms. The van der Waals surface area contributed by atoms with Gasteiger partial charge in [0.15, 0.2) is 11.6 Å². The van der Waals surface area contributed by atoms with Crippen molar-refractivity contribution in [2.75, 3.05) is 0 Å². The monoisotopic (exact) mass is 448 g/mol. The van der Waals surface area contributed by atoms with E-state index >= 15 is 0 Å². The topological polar surface area (TPSA) is 118 Å². The molecule has 4 rings (SSSR count). The van der Waals surface area contributed by atoms with Gasteiger partial charge in [-0.2, -0.15) is 20.8 Å². The van der Waals surface area contributed by atoms with Crippen LogP contribution in [0.3, 0.4) is 0 Å². The van der Waals surface area contributed by atoms with E-state index < -0.39 is 0 Å². The minimum atomic E-state index is -0.124. The molecule has 2 aliphatic rings. The highest BCUT2D eigenvalue weighted by Gasteiger charge is 2.31. The van der Waals surface area contributed by atoms with Crippen LogP contribution in [0.4, 0.5) is 0 Å². The van der Waals surface area contributed by atoms with Gasteiger partial charge in [-0.1, -0.05) is 75.5 Å². The number of aliphatic imine (C=N–C) groups is 1. The van der Waals surface area contributed by atoms with E-state index in [1.807, 2.05) is 18.2 Å². The molecule has 2 aromatic carbocycles. The molecule has 0 aromatic heterocycles. The van der Waals surface area contributed by atoms with E-state index in [0.29, 0.717) is 39.1 Å². The van der Waals surface area contributed by atoms with Crippen LogP contribution in [0.25, 0.3) is 5.57 Å². The van der Waals surface area contributed by atoms with Crippen molar-refractivity contribution in [3.8, 4) is 18.3 Å². The van der Waals surface area contributed by atoms with Crippen LogP contribution < -0.4 is 0 Å². The predicted octanol–water partition coefficient (Wildman–Crippen LogP) is 6.00. The molecule has 0 saturated carbocycles. The molecule has 2 aromatic rings. The van der Waals surface area contributed by atoms with E-state index in [2.05, 4.69) is 4.99 Å². The smallest absolute Gasteiger partial charge is 0.206 e. The molecule has 0 fully saturated rings. The highest BCUT2D eigenvalue weighted by atomic mass is 16.1. The molecule has 2 aliphatic carbocycles. The molecule has 6 heteroatoms. The maximum absolute atomic E-state index is 12.1. The number of carbonyl (C=O) groups excluding carboxylic acids is 2. The summed E-state index contributed by atoms with van der Waals surface area (Å²) in [5.74, 6) is -0.178. The Morgan fingerprint density at radius 2 is 1.18 bits per heavy atom. The zero-order chi connectivity index (χ0) is 23.3. The number of Topliss-reactive ketones (excluding diaryl/α,β-unsaturated/α-hetero) is 2. The minimum Gasteiger partial charge on any atom is -0.289 e. The Hall–Kier alpha value is -4.86. The average molecular weight is 449 g/mol. The average Bonchev–Trinajstić information content (AvgIpc) is 3.27. The Bertz CT molecular complexity index is 1380. The summed E-state index contributed by atoms with van der Waals surface area (Å²) < 4.78 is 0. The van der Waals surface area contributed by atoms with Gasteiger partial charge >= 0.3 is 0 Å². The molecule has 34 heavy (non-hydrogen) atoms. The molecule has 0 radical (unpaired) electrons. The van der Waals surface area contributed by atoms with Crippen molar-refractivity contribution >= 4 is 22.9 Å². The molecule has 0 aliphatic heterocycles. The molecule has 0 atom stereocenters. The summed E-state index contributed by atoms with van der Waals surface area (Å²) in [4.78, 5) is 27.6. The van der Waals surface area contributed by atoms with E-state index in [9.17, 15) is 9.59 Å². The quantitative estimate of drug-likeness (QED) is 0.278. The standard InChI is InChI=1S/C14H8N2O.C12H8N2O.2CH4/c1-2-10-13(9(7-15)8-16)11-5-3-4-6-12(11)14(10)17;1-2-8-11(14-7-13)9-5-3-4-6-10(9)12(8)15;;/h2-6H,1H3;2-6H,1H3;2*1H4/b10-2-;8-2-,14-11?;;. The lowest BCUT2D eigenvalue weighted by Crippen LogP contribution is -2.00. The van der Waals surface area contributed by atoms with Crippen LogP contribution in [0, 0.1) is 34.1 Å². The molecule has 0 spiro atoms. The molecule has 168 valence electrons. The van der Waals surface area contributed by atoms with Gasteiger partial charge in [-0.15, -0.1) is 0 Å². The Labute approximate surface area is 200 Å². The number of benzene rings is 2. The summed E-state index contributed by atoms with van der Waals surface area (Å²) in [5.41, 5.74) is 4.47. The van der Waals surface area contributed by atoms with Crippen molar-refractivity contribution in [1.82, 2.24) is 0 Å². The van der Waals surface area contributed by atoms with Gasteiger partial charge in [0, 0.05) is 33.4 Å². The van der Waals surface area contributed by atoms with Crippen LogP contribution in [-0.4, -0.2) is 17.3 Å². The molecule has 0 N–H and O–H groups in total. The first kappa shape index (κ1) is 27.2. The van der Waals surface area contributed by atoms with Crippen LogP contribution in [0.2, 0.25) is 0 Å². The summed E-state index contributed by atoms with van der Waals surface area (Å²) in [6, 6.07) is 17.9. The van der Waals surface area contributed by atoms with E-state index in [4.69, 9.17) is 15.8 Å². The van der Waals surface area contributed by atoms with Gasteiger partial charge in [0.2, 0.25) is 6.19 Å². The number of ketones is 2. The number of hydrogen-bond donors (Lipinski definition) is 0. The highest BCUT2D eigenvalue weighted by Crippen LogP contribution is 2.38. The Morgan fingerprint density at radius 1 is 0.735 bits per heavy atom. The van der Waals surface area contributed by atoms with Gasteiger partial charge in [-0.25, -0.2) is 0 Å². The number of allylic oxidation sites excluding steroid dienone is 6. The lowest BCUT2D eigenvalue weighted by Gasteiger charge is -1.99. The van der Waals surface area contributed by atoms with Crippen molar-refractivity contribution < 1.29 is 9.59 Å². The van der Waals surface area contributed by atoms with Gasteiger partial charge < -0.3 is 0 Å². The molecule has 0 amide bonds. The van der Waals surface area contributed by atoms with Crippen molar-refractivity contribution in [3.63, 3.8) is 0 Å². The predicted molar refractivity (Wildman–Crippen MR) is 133 cm³/mol. The number of carbonyl (C=O) groups is 2. The fourth-order valence-electron chi connectivity index (χ4n) is 3.71. The normalized spacial score (nSPS) is 16.2. The second kappa shape index (κ2) is 11.7. The third-order valence-electron chi connectivity index (χ3n) is 5.09. The van der Waals surface area contributed by atoms with Crippen molar-refractivity contribution in [2.24, 2.45) is 4.99 Å². The number of fused-ring (bicyclic) bond motifs is 2.